The average molecular weight is 930 g/mol. The highest BCUT2D eigenvalue weighted by molar-refractivity contribution is 7.89. The minimum absolute atomic E-state index is 0.00892. The number of sulfonamides is 1. The van der Waals surface area contributed by atoms with Gasteiger partial charge >= 0.3 is 0 Å². The molecule has 2 fully saturated rings. The Hall–Kier alpha value is -5.15. The maximum absolute atomic E-state index is 15.7. The predicted octanol–water partition coefficient (Wildman–Crippen LogP) is 10.4. The SMILES string of the molecule is C=CCOC12Oc3ccc(Oc4ccc5ccccc5c4)cc3C3C(CCCCO)C(CCCCO)C=C(C(=NOC4CCCCO4)CC1N(CCC)S(=O)(=O)c1cccc4cccnc14)C32. The number of ether oxygens (including phenoxy) is 4. The van der Waals surface area contributed by atoms with E-state index in [0.717, 1.165) is 60.4 Å². The first kappa shape index (κ1) is 46.9. The van der Waals surface area contributed by atoms with Crippen LogP contribution in [0.4, 0.5) is 0 Å². The largest absolute Gasteiger partial charge is 0.460 e. The Bertz CT molecular complexity index is 2700. The van der Waals surface area contributed by atoms with Crippen molar-refractivity contribution in [3.05, 3.63) is 127 Å². The number of fused-ring (bicyclic) bond motifs is 4. The van der Waals surface area contributed by atoms with Gasteiger partial charge in [0.25, 0.3) is 0 Å². The highest BCUT2D eigenvalue weighted by Crippen LogP contribution is 2.62. The number of aliphatic hydroxyl groups is 2. The molecular weight excluding hydrogens is 867 g/mol. The van der Waals surface area contributed by atoms with Crippen LogP contribution in [0.1, 0.15) is 89.0 Å². The van der Waals surface area contributed by atoms with E-state index in [1.54, 1.807) is 34.8 Å². The van der Waals surface area contributed by atoms with E-state index < -0.39 is 34.1 Å². The number of pyridine rings is 1. The van der Waals surface area contributed by atoms with Crippen LogP contribution in [0.2, 0.25) is 0 Å². The summed E-state index contributed by atoms with van der Waals surface area (Å²) in [5.74, 6) is -0.529. The van der Waals surface area contributed by atoms with Crippen LogP contribution in [0, 0.1) is 17.8 Å². The number of nitrogens with zero attached hydrogens (tertiary/aromatic N) is 3. The van der Waals surface area contributed by atoms with Crippen LogP contribution in [0.25, 0.3) is 21.7 Å². The third kappa shape index (κ3) is 9.51. The molecule has 3 heterocycles. The summed E-state index contributed by atoms with van der Waals surface area (Å²) in [5, 5.41) is 28.0. The van der Waals surface area contributed by atoms with E-state index >= 15 is 8.42 Å². The first-order chi connectivity index (χ1) is 32.8. The van der Waals surface area contributed by atoms with Gasteiger partial charge in [0.2, 0.25) is 22.1 Å². The van der Waals surface area contributed by atoms with E-state index in [9.17, 15) is 10.2 Å². The van der Waals surface area contributed by atoms with Crippen molar-refractivity contribution in [2.75, 3.05) is 33.0 Å². The maximum atomic E-state index is 15.7. The highest BCUT2D eigenvalue weighted by Gasteiger charge is 2.66. The van der Waals surface area contributed by atoms with Crippen LogP contribution in [0.3, 0.4) is 0 Å². The summed E-state index contributed by atoms with van der Waals surface area (Å²) in [7, 11) is -4.30. The van der Waals surface area contributed by atoms with E-state index in [1.165, 1.54) is 0 Å². The van der Waals surface area contributed by atoms with Crippen molar-refractivity contribution < 1.29 is 42.4 Å². The lowest BCUT2D eigenvalue weighted by Crippen LogP contribution is -2.70. The second kappa shape index (κ2) is 21.0. The number of oxime groups is 1. The average Bonchev–Trinajstić information content (AvgIpc) is 3.35. The van der Waals surface area contributed by atoms with Crippen molar-refractivity contribution in [1.29, 1.82) is 0 Å². The van der Waals surface area contributed by atoms with Gasteiger partial charge in [-0.25, -0.2) is 8.42 Å². The summed E-state index contributed by atoms with van der Waals surface area (Å²) in [6.07, 6.45) is 12.7. The van der Waals surface area contributed by atoms with Crippen molar-refractivity contribution in [3.63, 3.8) is 0 Å². The molecule has 1 aromatic heterocycles. The fraction of sp³-hybridized carbons (Fsp3) is 0.444. The van der Waals surface area contributed by atoms with Crippen LogP contribution in [0.5, 0.6) is 17.2 Å². The topological polar surface area (TPSA) is 149 Å². The fourth-order valence-electron chi connectivity index (χ4n) is 11.0. The first-order valence-corrected chi connectivity index (χ1v) is 25.6. The number of hydrogen-bond donors (Lipinski definition) is 2. The van der Waals surface area contributed by atoms with Crippen molar-refractivity contribution in [2.45, 2.75) is 106 Å². The molecule has 2 aliphatic carbocycles. The lowest BCUT2D eigenvalue weighted by atomic mass is 9.55. The Kier molecular flexibility index (Phi) is 14.7. The lowest BCUT2D eigenvalue weighted by Gasteiger charge is -2.59. The number of aromatic nitrogens is 1. The van der Waals surface area contributed by atoms with E-state index in [1.807, 2.05) is 55.5 Å². The summed E-state index contributed by atoms with van der Waals surface area (Å²) in [6, 6.07) is 28.1. The predicted molar refractivity (Wildman–Crippen MR) is 260 cm³/mol. The van der Waals surface area contributed by atoms with Gasteiger partial charge in [-0.2, -0.15) is 4.31 Å². The van der Waals surface area contributed by atoms with E-state index in [0.29, 0.717) is 66.2 Å². The summed E-state index contributed by atoms with van der Waals surface area (Å²) >= 11 is 0. The zero-order chi connectivity index (χ0) is 46.4. The van der Waals surface area contributed by atoms with Crippen LogP contribution in [-0.2, 0) is 24.3 Å². The fourth-order valence-corrected chi connectivity index (χ4v) is 12.9. The molecule has 7 atom stereocenters. The van der Waals surface area contributed by atoms with Crippen LogP contribution < -0.4 is 9.47 Å². The molecule has 13 heteroatoms. The number of unbranched alkanes of at least 4 members (excludes halogenated alkanes) is 2. The molecule has 2 N–H and O–H groups in total. The van der Waals surface area contributed by atoms with Gasteiger partial charge in [-0.3, -0.25) is 4.98 Å². The molecule has 4 aromatic carbocycles. The number of hydrogen-bond acceptors (Lipinski definition) is 11. The van der Waals surface area contributed by atoms with Crippen molar-refractivity contribution >= 4 is 37.4 Å². The number of allylic oxidation sites excluding steroid dienone is 1. The highest BCUT2D eigenvalue weighted by atomic mass is 32.2. The molecule has 0 spiro atoms. The summed E-state index contributed by atoms with van der Waals surface area (Å²) < 4.78 is 60.2. The second-order valence-electron chi connectivity index (χ2n) is 18.2. The molecule has 4 aliphatic rings. The minimum Gasteiger partial charge on any atom is -0.460 e. The van der Waals surface area contributed by atoms with Gasteiger partial charge in [0.15, 0.2) is 0 Å². The van der Waals surface area contributed by atoms with Crippen molar-refractivity contribution in [3.8, 4) is 17.2 Å². The monoisotopic (exact) mass is 929 g/mol. The van der Waals surface area contributed by atoms with Crippen molar-refractivity contribution in [1.82, 2.24) is 9.29 Å². The molecular formula is C54H63N3O9S. The molecule has 0 amide bonds. The van der Waals surface area contributed by atoms with Gasteiger partial charge < -0.3 is 34.0 Å². The quantitative estimate of drug-likeness (QED) is 0.0439. The van der Waals surface area contributed by atoms with Crippen LogP contribution in [0.15, 0.2) is 132 Å². The Balaban J connectivity index is 1.26. The molecule has 0 bridgehead atoms. The van der Waals surface area contributed by atoms with Crippen LogP contribution >= 0.6 is 0 Å². The molecule has 0 radical (unpaired) electrons. The zero-order valence-electron chi connectivity index (χ0n) is 38.4. The smallest absolute Gasteiger partial charge is 0.245 e. The molecule has 1 saturated carbocycles. The third-order valence-corrected chi connectivity index (χ3v) is 15.9. The molecule has 7 unspecified atom stereocenters. The van der Waals surface area contributed by atoms with E-state index in [2.05, 4.69) is 41.9 Å². The van der Waals surface area contributed by atoms with Gasteiger partial charge in [0, 0.05) is 55.7 Å². The number of benzene rings is 4. The maximum Gasteiger partial charge on any atom is 0.245 e. The molecule has 1 saturated heterocycles. The normalized spacial score (nSPS) is 25.3. The third-order valence-electron chi connectivity index (χ3n) is 14.0. The Morgan fingerprint density at radius 1 is 0.910 bits per heavy atom. The van der Waals surface area contributed by atoms with E-state index in [-0.39, 0.29) is 55.4 Å². The van der Waals surface area contributed by atoms with Gasteiger partial charge in [0.1, 0.15) is 22.1 Å². The Labute approximate surface area is 394 Å². The summed E-state index contributed by atoms with van der Waals surface area (Å²) in [6.45, 7) is 7.00. The van der Waals surface area contributed by atoms with Gasteiger partial charge in [0.05, 0.1) is 36.4 Å². The number of para-hydroxylation sites is 1. The summed E-state index contributed by atoms with van der Waals surface area (Å²) in [5.41, 5.74) is 2.82. The molecule has 2 aliphatic heterocycles. The van der Waals surface area contributed by atoms with Gasteiger partial charge in [-0.05, 0) is 116 Å². The number of aliphatic hydroxyl groups excluding tert-OH is 2. The van der Waals surface area contributed by atoms with E-state index in [4.69, 9.17) is 28.9 Å². The molecule has 12 nitrogen and oxygen atoms in total. The number of rotatable bonds is 20. The molecule has 9 rings (SSSR count). The standard InChI is InChI=1S/C54H63N3O9S/c1-3-28-57(67(60,61)48-21-13-18-38-19-14-27-55-53(38)48)49-36-46(56-66-50-22-9-12-32-62-50)44-34-40(17-7-10-29-58)43(20-8-11-30-59)51-45-35-42(64-41-24-23-37-15-5-6-16-39(37)33-41)25-26-47(45)65-54(49,52(44)51)63-31-4-2/h4-6,13-16,18-19,21,23-27,33-35,40,43,49-52,58-59H,2-3,7-12,17,20,22,28-32,36H2,1H3. The second-order valence-corrected chi connectivity index (χ2v) is 20.1. The minimum atomic E-state index is -4.30. The summed E-state index contributed by atoms with van der Waals surface area (Å²) in [4.78, 5) is 11.0. The van der Waals surface area contributed by atoms with Crippen LogP contribution in [-0.4, -0.2) is 84.7 Å². The van der Waals surface area contributed by atoms with Gasteiger partial charge in [-0.1, -0.05) is 85.6 Å². The van der Waals surface area contributed by atoms with Gasteiger partial charge in [-0.15, -0.1) is 6.58 Å². The molecule has 5 aromatic rings. The first-order valence-electron chi connectivity index (χ1n) is 24.2. The Morgan fingerprint density at radius 3 is 2.48 bits per heavy atom. The molecule has 354 valence electrons. The Morgan fingerprint density at radius 2 is 1.69 bits per heavy atom. The lowest BCUT2D eigenvalue weighted by molar-refractivity contribution is -0.251. The van der Waals surface area contributed by atoms with Crippen molar-refractivity contribution in [2.24, 2.45) is 22.9 Å². The zero-order valence-corrected chi connectivity index (χ0v) is 39.2. The molecule has 67 heavy (non-hydrogen) atoms.